The Morgan fingerprint density at radius 1 is 0.778 bits per heavy atom. The van der Waals surface area contributed by atoms with Gasteiger partial charge in [0.15, 0.2) is 0 Å². The van der Waals surface area contributed by atoms with Crippen molar-refractivity contribution in [2.75, 3.05) is 53.3 Å². The standard InChI is InChI=1S/C10H20N4O2P.C6H6O3S/c1-11-5-17(6-12(2)9(11)15)7-13(3)10(16)14(4)8-17;7-10(8,9)6-4-2-1-3-5-6/h5-8H2,1-4H3;1-5H,(H,7,8,9)/q+1;/p-1. The van der Waals surface area contributed by atoms with E-state index in [1.54, 1.807) is 25.7 Å². The molecule has 0 saturated carbocycles. The molecule has 0 bridgehead atoms. The van der Waals surface area contributed by atoms with E-state index >= 15 is 0 Å². The van der Waals surface area contributed by atoms with Crippen molar-refractivity contribution in [2.24, 2.45) is 0 Å². The molecule has 2 saturated heterocycles. The maximum atomic E-state index is 11.8. The van der Waals surface area contributed by atoms with E-state index in [1.807, 2.05) is 28.2 Å². The van der Waals surface area contributed by atoms with Gasteiger partial charge in [0, 0.05) is 28.2 Å². The molecular formula is C16H25N4O5PS. The van der Waals surface area contributed by atoms with Crippen LogP contribution in [0.3, 0.4) is 0 Å². The molecule has 0 aromatic heterocycles. The van der Waals surface area contributed by atoms with Crippen molar-refractivity contribution in [1.29, 1.82) is 0 Å². The molecule has 0 aliphatic carbocycles. The van der Waals surface area contributed by atoms with Crippen LogP contribution in [0.5, 0.6) is 0 Å². The highest BCUT2D eigenvalue weighted by Crippen LogP contribution is 2.63. The average Bonchev–Trinajstić information content (AvgIpc) is 2.58. The van der Waals surface area contributed by atoms with Crippen LogP contribution in [0.1, 0.15) is 0 Å². The molecule has 9 nitrogen and oxygen atoms in total. The van der Waals surface area contributed by atoms with Crippen molar-refractivity contribution < 1.29 is 22.6 Å². The van der Waals surface area contributed by atoms with E-state index in [4.69, 9.17) is 0 Å². The lowest BCUT2D eigenvalue weighted by Gasteiger charge is -2.45. The smallest absolute Gasteiger partial charge is 0.325 e. The molecule has 11 heteroatoms. The zero-order valence-electron chi connectivity index (χ0n) is 15.9. The fourth-order valence-electron chi connectivity index (χ4n) is 3.48. The van der Waals surface area contributed by atoms with Gasteiger partial charge in [0.05, 0.1) is 12.2 Å². The molecule has 0 atom stereocenters. The summed E-state index contributed by atoms with van der Waals surface area (Å²) in [6.45, 7) is 0. The van der Waals surface area contributed by atoms with Crippen molar-refractivity contribution in [1.82, 2.24) is 19.6 Å². The van der Waals surface area contributed by atoms with Crippen LogP contribution >= 0.6 is 7.26 Å². The monoisotopic (exact) mass is 416 g/mol. The Morgan fingerprint density at radius 2 is 1.11 bits per heavy atom. The van der Waals surface area contributed by atoms with Crippen LogP contribution in [-0.4, -0.2) is 98.0 Å². The molecule has 1 aromatic carbocycles. The second-order valence-corrected chi connectivity index (χ2v) is 12.2. The van der Waals surface area contributed by atoms with Crippen LogP contribution in [0.2, 0.25) is 0 Å². The van der Waals surface area contributed by atoms with Gasteiger partial charge in [0.2, 0.25) is 0 Å². The number of amides is 4. The van der Waals surface area contributed by atoms with E-state index in [9.17, 15) is 22.6 Å². The zero-order chi connectivity index (χ0) is 20.4. The predicted molar refractivity (Wildman–Crippen MR) is 103 cm³/mol. The number of hydrogen-bond donors (Lipinski definition) is 0. The Morgan fingerprint density at radius 3 is 1.37 bits per heavy atom. The summed E-state index contributed by atoms with van der Waals surface area (Å²) in [7, 11) is 1.80. The van der Waals surface area contributed by atoms with Crippen molar-refractivity contribution in [3.63, 3.8) is 0 Å². The fraction of sp³-hybridized carbons (Fsp3) is 0.500. The molecule has 27 heavy (non-hydrogen) atoms. The zero-order valence-corrected chi connectivity index (χ0v) is 17.6. The van der Waals surface area contributed by atoms with Gasteiger partial charge in [-0.2, -0.15) is 0 Å². The lowest BCUT2D eigenvalue weighted by atomic mass is 10.4. The van der Waals surface area contributed by atoms with Gasteiger partial charge in [-0.05, 0) is 12.1 Å². The normalized spacial score (nSPS) is 19.9. The van der Waals surface area contributed by atoms with Gasteiger partial charge in [-0.3, -0.25) is 19.6 Å². The van der Waals surface area contributed by atoms with E-state index in [0.29, 0.717) is 0 Å². The Bertz CT molecular complexity index is 739. The third-order valence-electron chi connectivity index (χ3n) is 4.39. The molecule has 2 heterocycles. The van der Waals surface area contributed by atoms with Gasteiger partial charge < -0.3 is 4.55 Å². The molecular weight excluding hydrogens is 391 g/mol. The molecule has 3 rings (SSSR count). The number of carbonyl (C=O) groups excluding carboxylic acids is 2. The quantitative estimate of drug-likeness (QED) is 0.509. The SMILES string of the molecule is CN1C[P+]2(CN(C)C1=O)CN(C)C(=O)N(C)C2.O=S(=O)([O-])c1ccccc1. The van der Waals surface area contributed by atoms with Crippen molar-refractivity contribution in [3.8, 4) is 0 Å². The van der Waals surface area contributed by atoms with Crippen molar-refractivity contribution in [3.05, 3.63) is 30.3 Å². The molecule has 4 amide bonds. The summed E-state index contributed by atoms with van der Waals surface area (Å²) in [4.78, 5) is 30.5. The molecule has 2 aliphatic rings. The molecule has 2 aliphatic heterocycles. The topological polar surface area (TPSA) is 104 Å². The van der Waals surface area contributed by atoms with Crippen LogP contribution in [-0.2, 0) is 10.1 Å². The number of rotatable bonds is 1. The van der Waals surface area contributed by atoms with Crippen LogP contribution in [0.25, 0.3) is 0 Å². The predicted octanol–water partition coefficient (Wildman–Crippen LogP) is 1.42. The number of carbonyl (C=O) groups is 2. The highest BCUT2D eigenvalue weighted by Gasteiger charge is 2.52. The Balaban J connectivity index is 0.000000223. The third-order valence-corrected chi connectivity index (χ3v) is 9.33. The summed E-state index contributed by atoms with van der Waals surface area (Å²) in [5.41, 5.74) is 0. The molecule has 2 fully saturated rings. The molecule has 0 radical (unpaired) electrons. The number of nitrogens with zero attached hydrogens (tertiary/aromatic N) is 4. The third kappa shape index (κ3) is 5.09. The van der Waals surface area contributed by atoms with Crippen LogP contribution in [0.15, 0.2) is 35.2 Å². The van der Waals surface area contributed by atoms with Crippen molar-refractivity contribution in [2.45, 2.75) is 4.90 Å². The minimum absolute atomic E-state index is 0.0813. The van der Waals surface area contributed by atoms with Crippen LogP contribution in [0, 0.1) is 0 Å². The molecule has 150 valence electrons. The van der Waals surface area contributed by atoms with Crippen LogP contribution in [0.4, 0.5) is 9.59 Å². The van der Waals surface area contributed by atoms with E-state index < -0.39 is 17.4 Å². The highest BCUT2D eigenvalue weighted by atomic mass is 32.2. The van der Waals surface area contributed by atoms with Crippen LogP contribution < -0.4 is 0 Å². The molecule has 1 aromatic rings. The summed E-state index contributed by atoms with van der Waals surface area (Å²) in [6, 6.07) is 7.35. The lowest BCUT2D eigenvalue weighted by molar-refractivity contribution is 0.170. The summed E-state index contributed by atoms with van der Waals surface area (Å²) in [5, 5.41) is 0. The van der Waals surface area contributed by atoms with Gasteiger partial charge in [0.1, 0.15) is 35.3 Å². The van der Waals surface area contributed by atoms with E-state index in [2.05, 4.69) is 0 Å². The summed E-state index contributed by atoms with van der Waals surface area (Å²) in [6.07, 6.45) is 3.27. The lowest BCUT2D eigenvalue weighted by Crippen LogP contribution is -2.55. The van der Waals surface area contributed by atoms with E-state index in [0.717, 1.165) is 25.1 Å². The largest absolute Gasteiger partial charge is 0.744 e. The van der Waals surface area contributed by atoms with Gasteiger partial charge in [-0.1, -0.05) is 18.2 Å². The Kier molecular flexibility index (Phi) is 6.34. The molecule has 1 spiro atoms. The first kappa shape index (κ1) is 21.4. The maximum absolute atomic E-state index is 11.8. The second-order valence-electron chi connectivity index (χ2n) is 7.03. The number of hydrogen-bond acceptors (Lipinski definition) is 5. The Hall–Kier alpha value is -1.90. The number of benzene rings is 1. The van der Waals surface area contributed by atoms with E-state index in [1.165, 1.54) is 24.3 Å². The summed E-state index contributed by atoms with van der Waals surface area (Å²) in [5.74, 6) is 0. The van der Waals surface area contributed by atoms with Gasteiger partial charge >= 0.3 is 12.1 Å². The highest BCUT2D eigenvalue weighted by molar-refractivity contribution is 7.85. The first-order valence-electron chi connectivity index (χ1n) is 8.24. The first-order chi connectivity index (χ1) is 12.4. The van der Waals surface area contributed by atoms with Gasteiger partial charge in [0.25, 0.3) is 0 Å². The Labute approximate surface area is 160 Å². The van der Waals surface area contributed by atoms with Gasteiger partial charge in [-0.25, -0.2) is 18.0 Å². The maximum Gasteiger partial charge on any atom is 0.325 e. The first-order valence-corrected chi connectivity index (χ1v) is 12.2. The minimum Gasteiger partial charge on any atom is -0.744 e. The minimum atomic E-state index is -4.25. The molecule has 0 N–H and O–H groups in total. The van der Waals surface area contributed by atoms with E-state index in [-0.39, 0.29) is 17.0 Å². The summed E-state index contributed by atoms with van der Waals surface area (Å²) >= 11 is 0. The van der Waals surface area contributed by atoms with Gasteiger partial charge in [-0.15, -0.1) is 0 Å². The molecule has 0 unspecified atom stereocenters. The fourth-order valence-corrected chi connectivity index (χ4v) is 8.59. The summed E-state index contributed by atoms with van der Waals surface area (Å²) < 4.78 is 30.8. The second kappa shape index (κ2) is 8.00. The average molecular weight is 416 g/mol. The number of urea groups is 2. The van der Waals surface area contributed by atoms with Crippen molar-refractivity contribution >= 4 is 29.4 Å².